The Morgan fingerprint density at radius 2 is 1.94 bits per heavy atom. The molecule has 1 aromatic heterocycles. The van der Waals surface area contributed by atoms with Crippen LogP contribution in [0.3, 0.4) is 0 Å². The van der Waals surface area contributed by atoms with Gasteiger partial charge in [0.15, 0.2) is 5.76 Å². The van der Waals surface area contributed by atoms with Crippen molar-refractivity contribution in [3.8, 4) is 17.2 Å². The molecule has 0 amide bonds. The van der Waals surface area contributed by atoms with Crippen LogP contribution in [-0.4, -0.2) is 23.4 Å². The standard InChI is InChI=1S/C28H22FNO5/c1-4-30-15-17(21-14-18(33-3)9-11-23(21)30)13-25-26(31)20-10-12-24(16(2)27(20)34-25)35-28(32)19-7-5-6-8-22(19)29/h5-15H,4H2,1-3H3. The van der Waals surface area contributed by atoms with Crippen LogP contribution in [0, 0.1) is 12.7 Å². The third kappa shape index (κ3) is 3.85. The van der Waals surface area contributed by atoms with Crippen molar-refractivity contribution in [2.75, 3.05) is 7.11 Å². The summed E-state index contributed by atoms with van der Waals surface area (Å²) in [5, 5.41) is 0.933. The van der Waals surface area contributed by atoms with Crippen molar-refractivity contribution >= 4 is 28.7 Å². The van der Waals surface area contributed by atoms with Gasteiger partial charge < -0.3 is 18.8 Å². The van der Waals surface area contributed by atoms with E-state index in [2.05, 4.69) is 4.57 Å². The second-order valence-corrected chi connectivity index (χ2v) is 8.13. The molecule has 0 saturated carbocycles. The minimum absolute atomic E-state index is 0.165. The maximum atomic E-state index is 14.0. The Hall–Kier alpha value is -4.39. The van der Waals surface area contributed by atoms with Crippen molar-refractivity contribution in [2.24, 2.45) is 0 Å². The maximum Gasteiger partial charge on any atom is 0.346 e. The average molecular weight is 471 g/mol. The topological polar surface area (TPSA) is 66.8 Å². The van der Waals surface area contributed by atoms with Gasteiger partial charge in [-0.1, -0.05) is 12.1 Å². The first-order valence-corrected chi connectivity index (χ1v) is 11.1. The van der Waals surface area contributed by atoms with E-state index < -0.39 is 11.8 Å². The summed E-state index contributed by atoms with van der Waals surface area (Å²) in [5.74, 6) is -0.377. The number of aryl methyl sites for hydroxylation is 1. The van der Waals surface area contributed by atoms with Crippen LogP contribution < -0.4 is 14.2 Å². The van der Waals surface area contributed by atoms with Crippen molar-refractivity contribution in [1.82, 2.24) is 4.57 Å². The highest BCUT2D eigenvalue weighted by atomic mass is 19.1. The number of hydrogen-bond acceptors (Lipinski definition) is 5. The fourth-order valence-corrected chi connectivity index (χ4v) is 4.21. The lowest BCUT2D eigenvalue weighted by molar-refractivity contribution is 0.0728. The molecule has 5 rings (SSSR count). The van der Waals surface area contributed by atoms with Crippen molar-refractivity contribution in [1.29, 1.82) is 0 Å². The molecule has 0 aliphatic carbocycles. The number of benzene rings is 3. The molecule has 7 heteroatoms. The number of ketones is 1. The Kier molecular flexibility index (Phi) is 5.61. The van der Waals surface area contributed by atoms with Crippen molar-refractivity contribution in [3.63, 3.8) is 0 Å². The summed E-state index contributed by atoms with van der Waals surface area (Å²) in [5.41, 5.74) is 2.51. The molecule has 3 aromatic carbocycles. The second-order valence-electron chi connectivity index (χ2n) is 8.13. The second kappa shape index (κ2) is 8.76. The first-order chi connectivity index (χ1) is 16.9. The van der Waals surface area contributed by atoms with Gasteiger partial charge in [-0.2, -0.15) is 0 Å². The molecule has 0 atom stereocenters. The van der Waals surface area contributed by atoms with Gasteiger partial charge in [-0.05, 0) is 62.4 Å². The number of nitrogens with zero attached hydrogens (tertiary/aromatic N) is 1. The molecule has 176 valence electrons. The largest absolute Gasteiger partial charge is 0.497 e. The van der Waals surface area contributed by atoms with E-state index in [1.54, 1.807) is 32.2 Å². The molecule has 0 fully saturated rings. The summed E-state index contributed by atoms with van der Waals surface area (Å²) in [6.45, 7) is 4.49. The van der Waals surface area contributed by atoms with Crippen LogP contribution in [0.2, 0.25) is 0 Å². The van der Waals surface area contributed by atoms with E-state index in [-0.39, 0.29) is 22.9 Å². The number of rotatable bonds is 5. The zero-order valence-corrected chi connectivity index (χ0v) is 19.4. The molecule has 0 bridgehead atoms. The lowest BCUT2D eigenvalue weighted by Crippen LogP contribution is -2.11. The predicted octanol–water partition coefficient (Wildman–Crippen LogP) is 5.95. The van der Waals surface area contributed by atoms with Gasteiger partial charge in [0.2, 0.25) is 5.78 Å². The molecule has 0 N–H and O–H groups in total. The zero-order valence-electron chi connectivity index (χ0n) is 19.4. The summed E-state index contributed by atoms with van der Waals surface area (Å²) in [7, 11) is 1.61. The van der Waals surface area contributed by atoms with E-state index in [9.17, 15) is 14.0 Å². The molecule has 1 aliphatic heterocycles. The Morgan fingerprint density at radius 1 is 1.14 bits per heavy atom. The normalized spacial score (nSPS) is 13.7. The lowest BCUT2D eigenvalue weighted by Gasteiger charge is -2.10. The third-order valence-corrected chi connectivity index (χ3v) is 6.08. The van der Waals surface area contributed by atoms with Gasteiger partial charge in [0.1, 0.15) is 23.1 Å². The summed E-state index contributed by atoms with van der Waals surface area (Å²) < 4.78 is 32.8. The summed E-state index contributed by atoms with van der Waals surface area (Å²) in [6.07, 6.45) is 3.67. The van der Waals surface area contributed by atoms with Gasteiger partial charge >= 0.3 is 5.97 Å². The van der Waals surface area contributed by atoms with Crippen molar-refractivity contribution in [3.05, 3.63) is 94.6 Å². The third-order valence-electron chi connectivity index (χ3n) is 6.08. The molecule has 35 heavy (non-hydrogen) atoms. The van der Waals surface area contributed by atoms with E-state index in [0.29, 0.717) is 22.6 Å². The minimum atomic E-state index is -0.826. The maximum absolute atomic E-state index is 14.0. The number of methoxy groups -OCH3 is 1. The number of fused-ring (bicyclic) bond motifs is 2. The fourth-order valence-electron chi connectivity index (χ4n) is 4.21. The molecular formula is C28H22FNO5. The lowest BCUT2D eigenvalue weighted by atomic mass is 10.1. The number of carbonyl (C=O) groups is 2. The van der Waals surface area contributed by atoms with E-state index in [1.165, 1.54) is 24.3 Å². The molecule has 0 unspecified atom stereocenters. The summed E-state index contributed by atoms with van der Waals surface area (Å²) in [6, 6.07) is 14.5. The monoisotopic (exact) mass is 471 g/mol. The van der Waals surface area contributed by atoms with Crippen LogP contribution in [0.1, 0.15) is 38.8 Å². The summed E-state index contributed by atoms with van der Waals surface area (Å²) >= 11 is 0. The summed E-state index contributed by atoms with van der Waals surface area (Å²) in [4.78, 5) is 25.6. The van der Waals surface area contributed by atoms with Crippen LogP contribution >= 0.6 is 0 Å². The molecular weight excluding hydrogens is 449 g/mol. The molecule has 0 saturated heterocycles. The number of carbonyl (C=O) groups excluding carboxylic acids is 2. The van der Waals surface area contributed by atoms with Crippen LogP contribution in [0.4, 0.5) is 4.39 Å². The minimum Gasteiger partial charge on any atom is -0.497 e. The van der Waals surface area contributed by atoms with E-state index in [0.717, 1.165) is 23.0 Å². The molecule has 2 heterocycles. The predicted molar refractivity (Wildman–Crippen MR) is 130 cm³/mol. The van der Waals surface area contributed by atoms with E-state index >= 15 is 0 Å². The van der Waals surface area contributed by atoms with Crippen molar-refractivity contribution in [2.45, 2.75) is 20.4 Å². The highest BCUT2D eigenvalue weighted by Crippen LogP contribution is 2.40. The average Bonchev–Trinajstić information content (AvgIpc) is 3.38. The fraction of sp³-hybridized carbons (Fsp3) is 0.143. The number of Topliss-reactive ketones (excluding diaryl/α,β-unsaturated/α-hetero) is 1. The number of hydrogen-bond donors (Lipinski definition) is 0. The number of allylic oxidation sites excluding steroid dienone is 1. The van der Waals surface area contributed by atoms with Crippen LogP contribution in [0.5, 0.6) is 17.2 Å². The van der Waals surface area contributed by atoms with Crippen molar-refractivity contribution < 1.29 is 28.2 Å². The zero-order chi connectivity index (χ0) is 24.7. The highest BCUT2D eigenvalue weighted by molar-refractivity contribution is 6.15. The quantitative estimate of drug-likeness (QED) is 0.204. The Morgan fingerprint density at radius 3 is 2.69 bits per heavy atom. The Labute approximate surface area is 201 Å². The highest BCUT2D eigenvalue weighted by Gasteiger charge is 2.31. The van der Waals surface area contributed by atoms with Gasteiger partial charge in [0.25, 0.3) is 0 Å². The molecule has 6 nitrogen and oxygen atoms in total. The Bertz CT molecular complexity index is 1530. The number of aromatic nitrogens is 1. The first kappa shape index (κ1) is 22.4. The van der Waals surface area contributed by atoms with Gasteiger partial charge in [0, 0.05) is 34.8 Å². The van der Waals surface area contributed by atoms with Gasteiger partial charge in [0.05, 0.1) is 18.2 Å². The molecule has 0 radical (unpaired) electrons. The smallest absolute Gasteiger partial charge is 0.346 e. The number of ether oxygens (including phenoxy) is 3. The Balaban J connectivity index is 1.49. The van der Waals surface area contributed by atoms with E-state index in [4.69, 9.17) is 14.2 Å². The molecule has 4 aromatic rings. The van der Waals surface area contributed by atoms with Crippen LogP contribution in [0.15, 0.2) is 66.6 Å². The van der Waals surface area contributed by atoms with Gasteiger partial charge in [-0.3, -0.25) is 4.79 Å². The molecule has 1 aliphatic rings. The van der Waals surface area contributed by atoms with Crippen LogP contribution in [0.25, 0.3) is 17.0 Å². The molecule has 0 spiro atoms. The number of halogens is 1. The van der Waals surface area contributed by atoms with E-state index in [1.807, 2.05) is 31.3 Å². The first-order valence-electron chi connectivity index (χ1n) is 11.1. The number of esters is 1. The SMILES string of the molecule is CCn1cc(C=C2Oc3c(ccc(OC(=O)c4ccccc4F)c3C)C2=O)c2cc(OC)ccc21. The van der Waals surface area contributed by atoms with Crippen LogP contribution in [-0.2, 0) is 6.54 Å². The van der Waals surface area contributed by atoms with Gasteiger partial charge in [-0.25, -0.2) is 9.18 Å². The van der Waals surface area contributed by atoms with Gasteiger partial charge in [-0.15, -0.1) is 0 Å².